The Morgan fingerprint density at radius 1 is 1.32 bits per heavy atom. The number of aliphatic hydroxyl groups excluding tert-OH is 1. The standard InChI is InChI=1S/C19H20ClN5O3/c1-11(21)17-24-15-7-3-6-14(20)16(15)18(27)25(17)13-5-2-4-12(10-13)23-19(28)22-8-9-26/h2-7,10-11,26H,8-9,21H2,1H3,(H2,22,23,28). The van der Waals surface area contributed by atoms with E-state index in [1.807, 2.05) is 0 Å². The van der Waals surface area contributed by atoms with E-state index in [1.54, 1.807) is 49.4 Å². The molecule has 5 N–H and O–H groups in total. The molecule has 0 saturated heterocycles. The van der Waals surface area contributed by atoms with E-state index < -0.39 is 12.1 Å². The Morgan fingerprint density at radius 2 is 2.07 bits per heavy atom. The lowest BCUT2D eigenvalue weighted by molar-refractivity contribution is 0.245. The highest BCUT2D eigenvalue weighted by Crippen LogP contribution is 2.23. The molecule has 1 unspecified atom stereocenters. The fourth-order valence-corrected chi connectivity index (χ4v) is 3.08. The highest BCUT2D eigenvalue weighted by molar-refractivity contribution is 6.35. The van der Waals surface area contributed by atoms with Crippen molar-refractivity contribution in [3.63, 3.8) is 0 Å². The van der Waals surface area contributed by atoms with Crippen molar-refractivity contribution in [3.8, 4) is 5.69 Å². The van der Waals surface area contributed by atoms with Crippen molar-refractivity contribution in [1.82, 2.24) is 14.9 Å². The van der Waals surface area contributed by atoms with Gasteiger partial charge < -0.3 is 21.5 Å². The minimum Gasteiger partial charge on any atom is -0.395 e. The van der Waals surface area contributed by atoms with Crippen LogP contribution in [0.4, 0.5) is 10.5 Å². The number of aromatic nitrogens is 2. The number of carbonyl (C=O) groups excluding carboxylic acids is 1. The quantitative estimate of drug-likeness (QED) is 0.522. The zero-order valence-corrected chi connectivity index (χ0v) is 15.9. The van der Waals surface area contributed by atoms with E-state index in [9.17, 15) is 9.59 Å². The third-order valence-electron chi connectivity index (χ3n) is 4.04. The summed E-state index contributed by atoms with van der Waals surface area (Å²) in [4.78, 5) is 29.6. The summed E-state index contributed by atoms with van der Waals surface area (Å²) >= 11 is 6.23. The maximum absolute atomic E-state index is 13.2. The van der Waals surface area contributed by atoms with Gasteiger partial charge in [0.25, 0.3) is 5.56 Å². The Hall–Kier alpha value is -2.94. The van der Waals surface area contributed by atoms with Crippen LogP contribution in [-0.4, -0.2) is 33.8 Å². The molecule has 28 heavy (non-hydrogen) atoms. The van der Waals surface area contributed by atoms with E-state index in [-0.39, 0.29) is 18.7 Å². The molecule has 3 aromatic rings. The van der Waals surface area contributed by atoms with Crippen LogP contribution in [0.1, 0.15) is 18.8 Å². The van der Waals surface area contributed by atoms with Gasteiger partial charge in [-0.05, 0) is 37.3 Å². The van der Waals surface area contributed by atoms with Gasteiger partial charge in [-0.1, -0.05) is 23.7 Å². The van der Waals surface area contributed by atoms with Gasteiger partial charge in [0.2, 0.25) is 0 Å². The Balaban J connectivity index is 2.13. The molecule has 0 bridgehead atoms. The molecule has 0 fully saturated rings. The first-order valence-corrected chi connectivity index (χ1v) is 9.03. The normalized spacial score (nSPS) is 12.0. The van der Waals surface area contributed by atoms with Gasteiger partial charge >= 0.3 is 6.03 Å². The Kier molecular flexibility index (Phi) is 5.93. The Morgan fingerprint density at radius 3 is 2.79 bits per heavy atom. The van der Waals surface area contributed by atoms with Gasteiger partial charge in [0.15, 0.2) is 0 Å². The van der Waals surface area contributed by atoms with E-state index >= 15 is 0 Å². The van der Waals surface area contributed by atoms with Crippen LogP contribution in [0.5, 0.6) is 0 Å². The van der Waals surface area contributed by atoms with E-state index in [2.05, 4.69) is 15.6 Å². The summed E-state index contributed by atoms with van der Waals surface area (Å²) in [5.41, 5.74) is 7.15. The van der Waals surface area contributed by atoms with Crippen LogP contribution in [0.15, 0.2) is 47.3 Å². The Bertz CT molecular complexity index is 1080. The lowest BCUT2D eigenvalue weighted by atomic mass is 10.2. The van der Waals surface area contributed by atoms with Crippen LogP contribution in [0.3, 0.4) is 0 Å². The number of anilines is 1. The topological polar surface area (TPSA) is 122 Å². The monoisotopic (exact) mass is 401 g/mol. The van der Waals surface area contributed by atoms with Crippen molar-refractivity contribution < 1.29 is 9.90 Å². The van der Waals surface area contributed by atoms with Gasteiger partial charge in [-0.25, -0.2) is 9.78 Å². The molecule has 0 spiro atoms. The molecule has 2 amide bonds. The predicted octanol–water partition coefficient (Wildman–Crippen LogP) is 2.17. The van der Waals surface area contributed by atoms with Gasteiger partial charge in [0.1, 0.15) is 5.82 Å². The zero-order valence-electron chi connectivity index (χ0n) is 15.1. The molecular formula is C19H20ClN5O3. The number of rotatable bonds is 5. The number of hydrogen-bond donors (Lipinski definition) is 4. The molecule has 0 saturated carbocycles. The molecule has 146 valence electrons. The number of fused-ring (bicyclic) bond motifs is 1. The molecular weight excluding hydrogens is 382 g/mol. The molecule has 2 aromatic carbocycles. The van der Waals surface area contributed by atoms with E-state index in [0.29, 0.717) is 33.1 Å². The highest BCUT2D eigenvalue weighted by Gasteiger charge is 2.17. The summed E-state index contributed by atoms with van der Waals surface area (Å²) < 4.78 is 1.40. The van der Waals surface area contributed by atoms with Crippen molar-refractivity contribution in [1.29, 1.82) is 0 Å². The number of aliphatic hydroxyl groups is 1. The second kappa shape index (κ2) is 8.39. The smallest absolute Gasteiger partial charge is 0.319 e. The Labute approximate surface area is 166 Å². The van der Waals surface area contributed by atoms with Gasteiger partial charge in [-0.15, -0.1) is 0 Å². The van der Waals surface area contributed by atoms with E-state index in [0.717, 1.165) is 0 Å². The zero-order chi connectivity index (χ0) is 20.3. The number of hydrogen-bond acceptors (Lipinski definition) is 5. The highest BCUT2D eigenvalue weighted by atomic mass is 35.5. The first kappa shape index (κ1) is 19.8. The van der Waals surface area contributed by atoms with E-state index in [4.69, 9.17) is 22.4 Å². The summed E-state index contributed by atoms with van der Waals surface area (Å²) in [7, 11) is 0. The summed E-state index contributed by atoms with van der Waals surface area (Å²) in [5, 5.41) is 14.5. The second-order valence-corrected chi connectivity index (χ2v) is 6.60. The van der Waals surface area contributed by atoms with Gasteiger partial charge in [-0.2, -0.15) is 0 Å². The number of amides is 2. The molecule has 1 atom stereocenters. The number of halogens is 1. The molecule has 0 aliphatic heterocycles. The summed E-state index contributed by atoms with van der Waals surface area (Å²) in [6.07, 6.45) is 0. The minimum absolute atomic E-state index is 0.132. The number of nitrogens with zero attached hydrogens (tertiary/aromatic N) is 2. The van der Waals surface area contributed by atoms with Gasteiger partial charge in [-0.3, -0.25) is 9.36 Å². The summed E-state index contributed by atoms with van der Waals surface area (Å²) in [6, 6.07) is 10.8. The number of urea groups is 1. The van der Waals surface area contributed by atoms with Crippen molar-refractivity contribution in [3.05, 3.63) is 63.7 Å². The lowest BCUT2D eigenvalue weighted by Gasteiger charge is -2.17. The van der Waals surface area contributed by atoms with Crippen molar-refractivity contribution in [2.75, 3.05) is 18.5 Å². The fourth-order valence-electron chi connectivity index (χ4n) is 2.83. The van der Waals surface area contributed by atoms with Gasteiger partial charge in [0.05, 0.1) is 34.3 Å². The average Bonchev–Trinajstić information content (AvgIpc) is 2.66. The maximum Gasteiger partial charge on any atom is 0.319 e. The number of nitrogens with two attached hydrogens (primary N) is 1. The maximum atomic E-state index is 13.2. The second-order valence-electron chi connectivity index (χ2n) is 6.19. The summed E-state index contributed by atoms with van der Waals surface area (Å²) in [6.45, 7) is 1.70. The molecule has 0 radical (unpaired) electrons. The van der Waals surface area contributed by atoms with Crippen LogP contribution in [0.25, 0.3) is 16.6 Å². The minimum atomic E-state index is -0.513. The first-order chi connectivity index (χ1) is 13.4. The number of benzene rings is 2. The third kappa shape index (κ3) is 3.99. The van der Waals surface area contributed by atoms with Gasteiger partial charge in [0, 0.05) is 12.2 Å². The first-order valence-electron chi connectivity index (χ1n) is 8.65. The fraction of sp³-hybridized carbons (Fsp3) is 0.211. The molecule has 3 rings (SSSR count). The molecule has 1 heterocycles. The number of carbonyl (C=O) groups is 1. The molecule has 1 aromatic heterocycles. The largest absolute Gasteiger partial charge is 0.395 e. The predicted molar refractivity (Wildman–Crippen MR) is 109 cm³/mol. The third-order valence-corrected chi connectivity index (χ3v) is 4.35. The molecule has 0 aliphatic carbocycles. The lowest BCUT2D eigenvalue weighted by Crippen LogP contribution is -2.31. The average molecular weight is 402 g/mol. The molecule has 8 nitrogen and oxygen atoms in total. The van der Waals surface area contributed by atoms with Crippen LogP contribution in [0.2, 0.25) is 5.02 Å². The molecule has 9 heteroatoms. The van der Waals surface area contributed by atoms with Crippen molar-refractivity contribution in [2.24, 2.45) is 5.73 Å². The van der Waals surface area contributed by atoms with Crippen LogP contribution >= 0.6 is 11.6 Å². The SMILES string of the molecule is CC(N)c1nc2cccc(Cl)c2c(=O)n1-c1cccc(NC(=O)NCCO)c1. The van der Waals surface area contributed by atoms with E-state index in [1.165, 1.54) is 4.57 Å². The van der Waals surface area contributed by atoms with Crippen LogP contribution in [0, 0.1) is 0 Å². The van der Waals surface area contributed by atoms with Crippen molar-refractivity contribution in [2.45, 2.75) is 13.0 Å². The van der Waals surface area contributed by atoms with Crippen LogP contribution in [-0.2, 0) is 0 Å². The number of nitrogens with one attached hydrogen (secondary N) is 2. The van der Waals surface area contributed by atoms with Crippen LogP contribution < -0.4 is 21.9 Å². The van der Waals surface area contributed by atoms with Crippen molar-refractivity contribution >= 4 is 34.2 Å². The molecule has 0 aliphatic rings. The summed E-state index contributed by atoms with van der Waals surface area (Å²) in [5.74, 6) is 0.377.